The molecule has 0 aliphatic heterocycles. The SMILES string of the molecule is O=[N+]([O-])c1ccc(NCCNCc2ccc(OCc3ccc(Cl)cc3)cc2)cc1. The average Bonchev–Trinajstić information content (AvgIpc) is 2.74. The highest BCUT2D eigenvalue weighted by molar-refractivity contribution is 6.30. The van der Waals surface area contributed by atoms with Gasteiger partial charge in [0.25, 0.3) is 5.69 Å². The summed E-state index contributed by atoms with van der Waals surface area (Å²) in [4.78, 5) is 10.2. The lowest BCUT2D eigenvalue weighted by Gasteiger charge is -2.09. The van der Waals surface area contributed by atoms with E-state index < -0.39 is 4.92 Å². The summed E-state index contributed by atoms with van der Waals surface area (Å²) in [5.74, 6) is 0.823. The number of nitrogens with one attached hydrogen (secondary N) is 2. The van der Waals surface area contributed by atoms with Crippen molar-refractivity contribution in [1.29, 1.82) is 0 Å². The number of hydrogen-bond donors (Lipinski definition) is 2. The van der Waals surface area contributed by atoms with E-state index in [0.717, 1.165) is 36.6 Å². The summed E-state index contributed by atoms with van der Waals surface area (Å²) in [6.07, 6.45) is 0. The molecule has 3 aromatic carbocycles. The van der Waals surface area contributed by atoms with Crippen molar-refractivity contribution in [2.75, 3.05) is 18.4 Å². The van der Waals surface area contributed by atoms with Crippen LogP contribution in [0.25, 0.3) is 0 Å². The van der Waals surface area contributed by atoms with Gasteiger partial charge < -0.3 is 15.4 Å². The number of nitro groups is 1. The van der Waals surface area contributed by atoms with Crippen LogP contribution in [-0.4, -0.2) is 18.0 Å². The Balaban J connectivity index is 1.34. The molecule has 6 nitrogen and oxygen atoms in total. The van der Waals surface area contributed by atoms with Gasteiger partial charge in [0, 0.05) is 42.5 Å². The van der Waals surface area contributed by atoms with Crippen molar-refractivity contribution >= 4 is 23.0 Å². The molecule has 29 heavy (non-hydrogen) atoms. The molecule has 0 heterocycles. The summed E-state index contributed by atoms with van der Waals surface area (Å²) >= 11 is 5.88. The normalized spacial score (nSPS) is 10.5. The van der Waals surface area contributed by atoms with Crippen LogP contribution in [0.4, 0.5) is 11.4 Å². The van der Waals surface area contributed by atoms with Crippen molar-refractivity contribution in [3.05, 3.63) is 99.1 Å². The van der Waals surface area contributed by atoms with Gasteiger partial charge in [-0.3, -0.25) is 10.1 Å². The second-order valence-corrected chi connectivity index (χ2v) is 6.90. The standard InChI is InChI=1S/C22H22ClN3O3/c23-19-5-1-18(2-6-19)16-29-22-11-3-17(4-12-22)15-24-13-14-25-20-7-9-21(10-8-20)26(27)28/h1-12,24-25H,13-16H2. The highest BCUT2D eigenvalue weighted by atomic mass is 35.5. The van der Waals surface area contributed by atoms with Gasteiger partial charge in [-0.2, -0.15) is 0 Å². The molecule has 150 valence electrons. The van der Waals surface area contributed by atoms with E-state index in [0.29, 0.717) is 11.6 Å². The molecule has 0 atom stereocenters. The number of hydrogen-bond acceptors (Lipinski definition) is 5. The third kappa shape index (κ3) is 6.78. The fraction of sp³-hybridized carbons (Fsp3) is 0.182. The molecule has 2 N–H and O–H groups in total. The third-order valence-electron chi connectivity index (χ3n) is 4.28. The van der Waals surface area contributed by atoms with Gasteiger partial charge in [-0.25, -0.2) is 0 Å². The summed E-state index contributed by atoms with van der Waals surface area (Å²) in [5, 5.41) is 17.9. The van der Waals surface area contributed by atoms with Crippen LogP contribution in [0, 0.1) is 10.1 Å². The van der Waals surface area contributed by atoms with Crippen LogP contribution in [0.15, 0.2) is 72.8 Å². The molecular formula is C22H22ClN3O3. The predicted molar refractivity (Wildman–Crippen MR) is 116 cm³/mol. The first-order chi connectivity index (χ1) is 14.1. The molecule has 0 spiro atoms. The largest absolute Gasteiger partial charge is 0.489 e. The number of non-ortho nitro benzene ring substituents is 1. The predicted octanol–water partition coefficient (Wildman–Crippen LogP) is 5.03. The minimum atomic E-state index is -0.403. The minimum absolute atomic E-state index is 0.0919. The zero-order valence-electron chi connectivity index (χ0n) is 15.8. The van der Waals surface area contributed by atoms with Crippen molar-refractivity contribution in [1.82, 2.24) is 5.32 Å². The number of nitro benzene ring substituents is 1. The molecule has 3 aromatic rings. The van der Waals surface area contributed by atoms with E-state index in [1.165, 1.54) is 17.7 Å². The summed E-state index contributed by atoms with van der Waals surface area (Å²) in [5.41, 5.74) is 3.19. The molecule has 0 amide bonds. The Hall–Kier alpha value is -3.09. The van der Waals surface area contributed by atoms with Gasteiger partial charge in [0.1, 0.15) is 12.4 Å². The molecule has 0 fully saturated rings. The van der Waals surface area contributed by atoms with E-state index in [9.17, 15) is 10.1 Å². The van der Waals surface area contributed by atoms with E-state index in [1.54, 1.807) is 12.1 Å². The van der Waals surface area contributed by atoms with Gasteiger partial charge >= 0.3 is 0 Å². The quantitative estimate of drug-likeness (QED) is 0.278. The fourth-order valence-electron chi connectivity index (χ4n) is 2.68. The third-order valence-corrected chi connectivity index (χ3v) is 4.53. The maximum Gasteiger partial charge on any atom is 0.269 e. The summed E-state index contributed by atoms with van der Waals surface area (Å²) in [6.45, 7) is 2.74. The Bertz CT molecular complexity index is 914. The Labute approximate surface area is 174 Å². The number of rotatable bonds is 10. The molecule has 0 aliphatic rings. The lowest BCUT2D eigenvalue weighted by molar-refractivity contribution is -0.384. The van der Waals surface area contributed by atoms with Crippen LogP contribution < -0.4 is 15.4 Å². The Morgan fingerprint density at radius 2 is 1.52 bits per heavy atom. The van der Waals surface area contributed by atoms with Gasteiger partial charge in [0.05, 0.1) is 4.92 Å². The molecule has 0 radical (unpaired) electrons. The highest BCUT2D eigenvalue weighted by Crippen LogP contribution is 2.16. The molecule has 0 saturated carbocycles. The van der Waals surface area contributed by atoms with Crippen molar-refractivity contribution in [3.63, 3.8) is 0 Å². The number of halogens is 1. The summed E-state index contributed by atoms with van der Waals surface area (Å²) in [6, 6.07) is 22.0. The van der Waals surface area contributed by atoms with Crippen LogP contribution in [0.5, 0.6) is 5.75 Å². The van der Waals surface area contributed by atoms with E-state index >= 15 is 0 Å². The van der Waals surface area contributed by atoms with Crippen LogP contribution in [0.3, 0.4) is 0 Å². The lowest BCUT2D eigenvalue weighted by Crippen LogP contribution is -2.21. The van der Waals surface area contributed by atoms with Gasteiger partial charge in [0.15, 0.2) is 0 Å². The van der Waals surface area contributed by atoms with Crippen LogP contribution in [-0.2, 0) is 13.2 Å². The molecule has 0 saturated heterocycles. The highest BCUT2D eigenvalue weighted by Gasteiger charge is 2.03. The maximum absolute atomic E-state index is 10.6. The Kier molecular flexibility index (Phi) is 7.44. The molecule has 0 aliphatic carbocycles. The van der Waals surface area contributed by atoms with Gasteiger partial charge in [0.2, 0.25) is 0 Å². The van der Waals surface area contributed by atoms with Gasteiger partial charge in [-0.05, 0) is 47.5 Å². The second kappa shape index (κ2) is 10.5. The first-order valence-electron chi connectivity index (χ1n) is 9.25. The monoisotopic (exact) mass is 411 g/mol. The fourth-order valence-corrected chi connectivity index (χ4v) is 2.81. The molecular weight excluding hydrogens is 390 g/mol. The molecule has 7 heteroatoms. The van der Waals surface area contributed by atoms with Crippen LogP contribution in [0.2, 0.25) is 5.02 Å². The van der Waals surface area contributed by atoms with E-state index in [2.05, 4.69) is 10.6 Å². The van der Waals surface area contributed by atoms with Gasteiger partial charge in [-0.1, -0.05) is 35.9 Å². The van der Waals surface area contributed by atoms with E-state index in [4.69, 9.17) is 16.3 Å². The average molecular weight is 412 g/mol. The zero-order valence-corrected chi connectivity index (χ0v) is 16.6. The molecule has 0 bridgehead atoms. The minimum Gasteiger partial charge on any atom is -0.489 e. The Morgan fingerprint density at radius 3 is 2.17 bits per heavy atom. The van der Waals surface area contributed by atoms with E-state index in [1.807, 2.05) is 48.5 Å². The first kappa shape index (κ1) is 20.6. The van der Waals surface area contributed by atoms with Crippen molar-refractivity contribution in [2.45, 2.75) is 13.2 Å². The number of nitrogens with zero attached hydrogens (tertiary/aromatic N) is 1. The maximum atomic E-state index is 10.6. The summed E-state index contributed by atoms with van der Waals surface area (Å²) in [7, 11) is 0. The summed E-state index contributed by atoms with van der Waals surface area (Å²) < 4.78 is 5.79. The number of benzene rings is 3. The smallest absolute Gasteiger partial charge is 0.269 e. The zero-order chi connectivity index (χ0) is 20.5. The molecule has 0 unspecified atom stereocenters. The van der Waals surface area contributed by atoms with Crippen molar-refractivity contribution in [2.24, 2.45) is 0 Å². The van der Waals surface area contributed by atoms with Crippen molar-refractivity contribution in [3.8, 4) is 5.75 Å². The number of ether oxygens (including phenoxy) is 1. The van der Waals surface area contributed by atoms with Crippen LogP contribution in [0.1, 0.15) is 11.1 Å². The van der Waals surface area contributed by atoms with E-state index in [-0.39, 0.29) is 5.69 Å². The molecule has 3 rings (SSSR count). The number of anilines is 1. The molecule has 0 aromatic heterocycles. The lowest BCUT2D eigenvalue weighted by atomic mass is 10.2. The second-order valence-electron chi connectivity index (χ2n) is 6.47. The van der Waals surface area contributed by atoms with Crippen LogP contribution >= 0.6 is 11.6 Å². The topological polar surface area (TPSA) is 76.4 Å². The van der Waals surface area contributed by atoms with Crippen molar-refractivity contribution < 1.29 is 9.66 Å². The van der Waals surface area contributed by atoms with Gasteiger partial charge in [-0.15, -0.1) is 0 Å². The Morgan fingerprint density at radius 1 is 0.862 bits per heavy atom. The first-order valence-corrected chi connectivity index (χ1v) is 9.63.